The summed E-state index contributed by atoms with van der Waals surface area (Å²) in [6.45, 7) is 8.10. The van der Waals surface area contributed by atoms with Crippen molar-refractivity contribution in [2.45, 2.75) is 39.4 Å². The van der Waals surface area contributed by atoms with Crippen molar-refractivity contribution >= 4 is 11.3 Å². The van der Waals surface area contributed by atoms with Crippen LogP contribution in [0.4, 0.5) is 0 Å². The van der Waals surface area contributed by atoms with Crippen LogP contribution < -0.4 is 0 Å². The lowest BCUT2D eigenvalue weighted by molar-refractivity contribution is -0.0556. The van der Waals surface area contributed by atoms with E-state index >= 15 is 0 Å². The molecule has 0 aromatic carbocycles. The number of aryl methyl sites for hydroxylation is 1. The Morgan fingerprint density at radius 1 is 1.57 bits per heavy atom. The van der Waals surface area contributed by atoms with Crippen LogP contribution in [0.2, 0.25) is 0 Å². The molecule has 0 amide bonds. The topological polar surface area (TPSA) is 29.5 Å². The molecule has 0 saturated carbocycles. The van der Waals surface area contributed by atoms with Gasteiger partial charge in [0.2, 0.25) is 0 Å². The molecule has 0 bridgehead atoms. The molecule has 0 aliphatic carbocycles. The second-order valence-electron chi connectivity index (χ2n) is 4.07. The highest BCUT2D eigenvalue weighted by molar-refractivity contribution is 7.10. The van der Waals surface area contributed by atoms with E-state index in [1.54, 1.807) is 18.3 Å². The van der Waals surface area contributed by atoms with Crippen molar-refractivity contribution in [3.63, 3.8) is 0 Å². The third-order valence-electron chi connectivity index (χ3n) is 2.05. The van der Waals surface area contributed by atoms with Gasteiger partial charge < -0.3 is 9.84 Å². The number of ether oxygens (including phenoxy) is 1. The lowest BCUT2D eigenvalue weighted by Gasteiger charge is -2.24. The van der Waals surface area contributed by atoms with Crippen molar-refractivity contribution in [3.05, 3.63) is 21.9 Å². The van der Waals surface area contributed by atoms with Crippen molar-refractivity contribution in [2.75, 3.05) is 6.61 Å². The Bertz CT molecular complexity index is 289. The second kappa shape index (κ2) is 4.43. The standard InChI is InChI=1S/C11H18O2S/c1-8(2)13-7-11(4,12)10-9(3)5-6-14-10/h5-6,8,12H,7H2,1-4H3. The highest BCUT2D eigenvalue weighted by Crippen LogP contribution is 2.29. The van der Waals surface area contributed by atoms with Crippen LogP contribution in [0.25, 0.3) is 0 Å². The van der Waals surface area contributed by atoms with E-state index < -0.39 is 5.60 Å². The van der Waals surface area contributed by atoms with Crippen LogP contribution in [0.1, 0.15) is 31.2 Å². The largest absolute Gasteiger partial charge is 0.382 e. The Kier molecular flexibility index (Phi) is 3.70. The average Bonchev–Trinajstić information content (AvgIpc) is 2.48. The SMILES string of the molecule is Cc1ccsc1C(C)(O)COC(C)C. The van der Waals surface area contributed by atoms with Gasteiger partial charge in [-0.15, -0.1) is 11.3 Å². The van der Waals surface area contributed by atoms with Gasteiger partial charge in [0.1, 0.15) is 5.60 Å². The third kappa shape index (κ3) is 2.80. The summed E-state index contributed by atoms with van der Waals surface area (Å²) in [4.78, 5) is 0.998. The molecule has 0 fully saturated rings. The lowest BCUT2D eigenvalue weighted by Crippen LogP contribution is -2.29. The van der Waals surface area contributed by atoms with E-state index in [0.29, 0.717) is 6.61 Å². The van der Waals surface area contributed by atoms with Gasteiger partial charge in [0.05, 0.1) is 12.7 Å². The van der Waals surface area contributed by atoms with Crippen molar-refractivity contribution in [1.82, 2.24) is 0 Å². The molecule has 0 radical (unpaired) electrons. The fourth-order valence-corrected chi connectivity index (χ4v) is 2.29. The molecule has 1 heterocycles. The molecule has 1 N–H and O–H groups in total. The highest BCUT2D eigenvalue weighted by Gasteiger charge is 2.26. The normalized spacial score (nSPS) is 15.9. The molecule has 0 spiro atoms. The van der Waals surface area contributed by atoms with E-state index in [9.17, 15) is 5.11 Å². The van der Waals surface area contributed by atoms with E-state index in [4.69, 9.17) is 4.74 Å². The summed E-state index contributed by atoms with van der Waals surface area (Å²) in [6, 6.07) is 2.02. The smallest absolute Gasteiger partial charge is 0.119 e. The molecule has 0 aliphatic heterocycles. The van der Waals surface area contributed by atoms with E-state index in [-0.39, 0.29) is 6.10 Å². The van der Waals surface area contributed by atoms with Crippen LogP contribution in [0.3, 0.4) is 0 Å². The Morgan fingerprint density at radius 2 is 2.21 bits per heavy atom. The fourth-order valence-electron chi connectivity index (χ4n) is 1.32. The first-order chi connectivity index (χ1) is 6.43. The van der Waals surface area contributed by atoms with Crippen molar-refractivity contribution in [2.24, 2.45) is 0 Å². The van der Waals surface area contributed by atoms with E-state index in [1.165, 1.54) is 0 Å². The predicted molar refractivity (Wildman–Crippen MR) is 59.7 cm³/mol. The zero-order valence-electron chi connectivity index (χ0n) is 9.20. The van der Waals surface area contributed by atoms with Gasteiger partial charge in [-0.25, -0.2) is 0 Å². The van der Waals surface area contributed by atoms with Gasteiger partial charge in [-0.1, -0.05) is 0 Å². The molecular formula is C11H18O2S. The molecule has 14 heavy (non-hydrogen) atoms. The maximum atomic E-state index is 10.2. The monoisotopic (exact) mass is 214 g/mol. The van der Waals surface area contributed by atoms with Gasteiger partial charge in [-0.3, -0.25) is 0 Å². The van der Waals surface area contributed by atoms with Gasteiger partial charge in [-0.05, 0) is 44.7 Å². The maximum absolute atomic E-state index is 10.2. The van der Waals surface area contributed by atoms with E-state index in [2.05, 4.69) is 0 Å². The fraction of sp³-hybridized carbons (Fsp3) is 0.636. The lowest BCUT2D eigenvalue weighted by atomic mass is 10.0. The number of thiophene rings is 1. The molecule has 1 unspecified atom stereocenters. The van der Waals surface area contributed by atoms with E-state index in [0.717, 1.165) is 10.4 Å². The van der Waals surface area contributed by atoms with Gasteiger partial charge in [0.25, 0.3) is 0 Å². The number of aliphatic hydroxyl groups is 1. The van der Waals surface area contributed by atoms with Gasteiger partial charge in [-0.2, -0.15) is 0 Å². The Morgan fingerprint density at radius 3 is 2.64 bits per heavy atom. The summed E-state index contributed by atoms with van der Waals surface area (Å²) < 4.78 is 5.44. The van der Waals surface area contributed by atoms with E-state index in [1.807, 2.05) is 32.2 Å². The van der Waals surface area contributed by atoms with Crippen LogP contribution in [0.15, 0.2) is 11.4 Å². The van der Waals surface area contributed by atoms with Crippen molar-refractivity contribution in [3.8, 4) is 0 Å². The van der Waals surface area contributed by atoms with Crippen LogP contribution in [-0.4, -0.2) is 17.8 Å². The minimum Gasteiger partial charge on any atom is -0.382 e. The van der Waals surface area contributed by atoms with Gasteiger partial charge >= 0.3 is 0 Å². The Labute approximate surface area is 89.5 Å². The molecule has 0 saturated heterocycles. The molecule has 3 heteroatoms. The van der Waals surface area contributed by atoms with Gasteiger partial charge in [0.15, 0.2) is 0 Å². The molecular weight excluding hydrogens is 196 g/mol. The average molecular weight is 214 g/mol. The molecule has 1 rings (SSSR count). The molecule has 1 atom stereocenters. The minimum atomic E-state index is -0.859. The quantitative estimate of drug-likeness (QED) is 0.835. The number of rotatable bonds is 4. The zero-order chi connectivity index (χ0) is 10.8. The molecule has 0 aliphatic rings. The molecule has 2 nitrogen and oxygen atoms in total. The maximum Gasteiger partial charge on any atom is 0.119 e. The van der Waals surface area contributed by atoms with Crippen LogP contribution >= 0.6 is 11.3 Å². The Balaban J connectivity index is 2.70. The van der Waals surface area contributed by atoms with Gasteiger partial charge in [0, 0.05) is 4.88 Å². The number of hydrogen-bond acceptors (Lipinski definition) is 3. The highest BCUT2D eigenvalue weighted by atomic mass is 32.1. The summed E-state index contributed by atoms with van der Waals surface area (Å²) in [5.41, 5.74) is 0.273. The molecule has 1 aromatic heterocycles. The van der Waals surface area contributed by atoms with Crippen LogP contribution in [-0.2, 0) is 10.3 Å². The second-order valence-corrected chi connectivity index (χ2v) is 4.98. The van der Waals surface area contributed by atoms with Crippen LogP contribution in [0.5, 0.6) is 0 Å². The summed E-state index contributed by atoms with van der Waals surface area (Å²) in [6.07, 6.45) is 0.154. The molecule has 80 valence electrons. The summed E-state index contributed by atoms with van der Waals surface area (Å²) in [5.74, 6) is 0. The third-order valence-corrected chi connectivity index (χ3v) is 3.32. The minimum absolute atomic E-state index is 0.154. The molecule has 1 aromatic rings. The summed E-state index contributed by atoms with van der Waals surface area (Å²) in [7, 11) is 0. The predicted octanol–water partition coefficient (Wildman–Crippen LogP) is 2.69. The van der Waals surface area contributed by atoms with Crippen molar-refractivity contribution < 1.29 is 9.84 Å². The zero-order valence-corrected chi connectivity index (χ0v) is 10.0. The van der Waals surface area contributed by atoms with Crippen molar-refractivity contribution in [1.29, 1.82) is 0 Å². The first kappa shape index (κ1) is 11.7. The number of hydrogen-bond donors (Lipinski definition) is 1. The van der Waals surface area contributed by atoms with Crippen LogP contribution in [0, 0.1) is 6.92 Å². The first-order valence-electron chi connectivity index (χ1n) is 4.82. The summed E-state index contributed by atoms with van der Waals surface area (Å²) in [5, 5.41) is 12.2. The Hall–Kier alpha value is -0.380. The first-order valence-corrected chi connectivity index (χ1v) is 5.70. The summed E-state index contributed by atoms with van der Waals surface area (Å²) >= 11 is 1.58.